The highest BCUT2D eigenvalue weighted by Crippen LogP contribution is 2.42. The van der Waals surface area contributed by atoms with Crippen LogP contribution in [0.3, 0.4) is 0 Å². The number of para-hydroxylation sites is 1. The van der Waals surface area contributed by atoms with E-state index in [-0.39, 0.29) is 6.03 Å². The van der Waals surface area contributed by atoms with E-state index in [9.17, 15) is 4.79 Å². The predicted molar refractivity (Wildman–Crippen MR) is 138 cm³/mol. The van der Waals surface area contributed by atoms with Gasteiger partial charge in [-0.05, 0) is 74.9 Å². The van der Waals surface area contributed by atoms with Crippen molar-refractivity contribution in [1.82, 2.24) is 15.1 Å². The minimum atomic E-state index is 0.156. The smallest absolute Gasteiger partial charge is 0.320 e. The van der Waals surface area contributed by atoms with Crippen LogP contribution >= 0.6 is 0 Å². The van der Waals surface area contributed by atoms with Crippen molar-refractivity contribution in [2.75, 3.05) is 39.3 Å². The van der Waals surface area contributed by atoms with E-state index in [0.29, 0.717) is 13.1 Å². The highest BCUT2D eigenvalue weighted by Gasteiger charge is 2.26. The first-order valence-corrected chi connectivity index (χ1v) is 12.8. The van der Waals surface area contributed by atoms with Gasteiger partial charge in [-0.1, -0.05) is 48.5 Å². The van der Waals surface area contributed by atoms with Gasteiger partial charge >= 0.3 is 6.03 Å². The van der Waals surface area contributed by atoms with E-state index in [1.165, 1.54) is 17.6 Å². The fourth-order valence-electron chi connectivity index (χ4n) is 5.27. The van der Waals surface area contributed by atoms with Gasteiger partial charge in [0, 0.05) is 37.3 Å². The average Bonchev–Trinajstić information content (AvgIpc) is 3.05. The summed E-state index contributed by atoms with van der Waals surface area (Å²) in [5.41, 5.74) is 5.92. The van der Waals surface area contributed by atoms with E-state index in [1.807, 2.05) is 15.9 Å². The van der Waals surface area contributed by atoms with Gasteiger partial charge in [0.15, 0.2) is 0 Å². The minimum Gasteiger partial charge on any atom is -0.456 e. The SMILES string of the molecule is CCN(C/C=C1/c2ccccc2OC(=C2CCNCC2)c2ccccc21)C(=O)N1CCCCC1. The van der Waals surface area contributed by atoms with Gasteiger partial charge in [-0.25, -0.2) is 4.79 Å². The number of piperidine rings is 2. The lowest BCUT2D eigenvalue weighted by Gasteiger charge is -2.32. The highest BCUT2D eigenvalue weighted by atomic mass is 16.5. The Morgan fingerprint density at radius 1 is 0.971 bits per heavy atom. The third kappa shape index (κ3) is 4.62. The molecule has 0 aliphatic carbocycles. The number of fused-ring (bicyclic) bond motifs is 2. The summed E-state index contributed by atoms with van der Waals surface area (Å²) in [6, 6.07) is 17.0. The second-order valence-corrected chi connectivity index (χ2v) is 9.31. The summed E-state index contributed by atoms with van der Waals surface area (Å²) in [4.78, 5) is 17.2. The zero-order valence-electron chi connectivity index (χ0n) is 20.2. The lowest BCUT2D eigenvalue weighted by Crippen LogP contribution is -2.45. The van der Waals surface area contributed by atoms with Gasteiger partial charge in [0.1, 0.15) is 11.5 Å². The molecule has 0 radical (unpaired) electrons. The normalized spacial score (nSPS) is 19.2. The fraction of sp³-hybridized carbons (Fsp3) is 0.414. The number of likely N-dealkylation sites (tertiary alicyclic amines) is 1. The lowest BCUT2D eigenvalue weighted by atomic mass is 9.91. The summed E-state index contributed by atoms with van der Waals surface area (Å²) in [6.45, 7) is 7.06. The number of hydrogen-bond donors (Lipinski definition) is 1. The van der Waals surface area contributed by atoms with E-state index in [1.54, 1.807) is 0 Å². The van der Waals surface area contributed by atoms with Crippen molar-refractivity contribution in [3.63, 3.8) is 0 Å². The highest BCUT2D eigenvalue weighted by molar-refractivity contribution is 5.91. The van der Waals surface area contributed by atoms with Crippen LogP contribution in [0.25, 0.3) is 11.3 Å². The molecule has 2 amide bonds. The van der Waals surface area contributed by atoms with Crippen molar-refractivity contribution in [1.29, 1.82) is 0 Å². The molecule has 5 nitrogen and oxygen atoms in total. The van der Waals surface area contributed by atoms with Crippen molar-refractivity contribution >= 4 is 17.4 Å². The van der Waals surface area contributed by atoms with Crippen LogP contribution < -0.4 is 10.1 Å². The summed E-state index contributed by atoms with van der Waals surface area (Å²) in [6.07, 6.45) is 7.66. The Hall–Kier alpha value is -3.05. The van der Waals surface area contributed by atoms with Gasteiger partial charge in [0.2, 0.25) is 0 Å². The summed E-state index contributed by atoms with van der Waals surface area (Å²) >= 11 is 0. The first kappa shape index (κ1) is 22.7. The van der Waals surface area contributed by atoms with Crippen LogP contribution in [0.15, 0.2) is 60.2 Å². The molecule has 178 valence electrons. The van der Waals surface area contributed by atoms with Crippen molar-refractivity contribution < 1.29 is 9.53 Å². The first-order valence-electron chi connectivity index (χ1n) is 12.8. The number of urea groups is 1. The third-order valence-electron chi connectivity index (χ3n) is 7.17. The fourth-order valence-corrected chi connectivity index (χ4v) is 5.27. The molecule has 0 saturated carbocycles. The van der Waals surface area contributed by atoms with Crippen LogP contribution in [-0.4, -0.2) is 55.1 Å². The summed E-state index contributed by atoms with van der Waals surface area (Å²) in [7, 11) is 0. The van der Waals surface area contributed by atoms with Crippen molar-refractivity contribution in [3.8, 4) is 5.75 Å². The van der Waals surface area contributed by atoms with Crippen LogP contribution in [0.2, 0.25) is 0 Å². The number of rotatable bonds is 3. The molecule has 2 saturated heterocycles. The van der Waals surface area contributed by atoms with E-state index < -0.39 is 0 Å². The minimum absolute atomic E-state index is 0.156. The zero-order chi connectivity index (χ0) is 23.3. The monoisotopic (exact) mass is 457 g/mol. The predicted octanol–water partition coefficient (Wildman–Crippen LogP) is 5.53. The quantitative estimate of drug-likeness (QED) is 0.659. The van der Waals surface area contributed by atoms with Gasteiger partial charge in [0.25, 0.3) is 0 Å². The molecular formula is C29H35N3O2. The van der Waals surface area contributed by atoms with Gasteiger partial charge in [0.05, 0.1) is 0 Å². The Balaban J connectivity index is 1.55. The van der Waals surface area contributed by atoms with Crippen LogP contribution in [-0.2, 0) is 0 Å². The van der Waals surface area contributed by atoms with Crippen LogP contribution in [0, 0.1) is 0 Å². The standard InChI is InChI=1S/C29H35N3O2/c1-2-31(29(33)32-19-8-3-9-20-32)21-16-24-23-10-4-5-12-26(23)28(22-14-17-30-18-15-22)34-27-13-7-6-11-25(24)27/h4-7,10-13,16,30H,2-3,8-9,14-15,17-21H2,1H3/b24-16+. The summed E-state index contributed by atoms with van der Waals surface area (Å²) in [5, 5.41) is 3.46. The molecule has 0 bridgehead atoms. The molecule has 0 spiro atoms. The maximum Gasteiger partial charge on any atom is 0.320 e. The van der Waals surface area contributed by atoms with Gasteiger partial charge in [-0.3, -0.25) is 0 Å². The number of carbonyl (C=O) groups is 1. The second kappa shape index (κ2) is 10.5. The number of likely N-dealkylation sites (N-methyl/N-ethyl adjacent to an activating group) is 1. The Bertz CT molecular complexity index is 1090. The van der Waals surface area contributed by atoms with Gasteiger partial charge < -0.3 is 19.9 Å². The third-order valence-corrected chi connectivity index (χ3v) is 7.17. The number of benzene rings is 2. The van der Waals surface area contributed by atoms with E-state index in [2.05, 4.69) is 60.8 Å². The number of nitrogens with one attached hydrogen (secondary N) is 1. The first-order chi connectivity index (χ1) is 16.8. The average molecular weight is 458 g/mol. The number of hydrogen-bond acceptors (Lipinski definition) is 3. The molecule has 5 heteroatoms. The zero-order valence-corrected chi connectivity index (χ0v) is 20.2. The molecule has 3 heterocycles. The largest absolute Gasteiger partial charge is 0.456 e. The number of nitrogens with zero attached hydrogens (tertiary/aromatic N) is 2. The summed E-state index contributed by atoms with van der Waals surface area (Å²) in [5.74, 6) is 1.89. The topological polar surface area (TPSA) is 44.8 Å². The molecule has 2 aromatic carbocycles. The molecule has 1 N–H and O–H groups in total. The molecule has 0 aromatic heterocycles. The molecule has 2 fully saturated rings. The van der Waals surface area contributed by atoms with Crippen molar-refractivity contribution in [2.24, 2.45) is 0 Å². The van der Waals surface area contributed by atoms with Crippen molar-refractivity contribution in [2.45, 2.75) is 39.0 Å². The molecule has 3 aliphatic heterocycles. The Morgan fingerprint density at radius 2 is 1.65 bits per heavy atom. The van der Waals surface area contributed by atoms with E-state index in [0.717, 1.165) is 80.1 Å². The molecule has 2 aromatic rings. The Morgan fingerprint density at radius 3 is 2.38 bits per heavy atom. The van der Waals surface area contributed by atoms with Gasteiger partial charge in [-0.15, -0.1) is 0 Å². The Labute approximate surface area is 203 Å². The number of carbonyl (C=O) groups excluding carboxylic acids is 1. The van der Waals surface area contributed by atoms with Gasteiger partial charge in [-0.2, -0.15) is 0 Å². The lowest BCUT2D eigenvalue weighted by molar-refractivity contribution is 0.150. The molecule has 34 heavy (non-hydrogen) atoms. The maximum atomic E-state index is 13.2. The Kier molecular flexibility index (Phi) is 7.00. The maximum absolute atomic E-state index is 13.2. The molecular weight excluding hydrogens is 422 g/mol. The molecule has 3 aliphatic rings. The van der Waals surface area contributed by atoms with Crippen LogP contribution in [0.5, 0.6) is 5.75 Å². The molecule has 0 unspecified atom stereocenters. The summed E-state index contributed by atoms with van der Waals surface area (Å²) < 4.78 is 6.65. The van der Waals surface area contributed by atoms with Crippen molar-refractivity contribution in [3.05, 3.63) is 76.9 Å². The second-order valence-electron chi connectivity index (χ2n) is 9.31. The molecule has 5 rings (SSSR count). The van der Waals surface area contributed by atoms with E-state index in [4.69, 9.17) is 4.74 Å². The van der Waals surface area contributed by atoms with Crippen LogP contribution in [0.1, 0.15) is 55.7 Å². The van der Waals surface area contributed by atoms with Crippen LogP contribution in [0.4, 0.5) is 4.79 Å². The number of amides is 2. The number of ether oxygens (including phenoxy) is 1. The van der Waals surface area contributed by atoms with E-state index >= 15 is 0 Å². The molecule has 0 atom stereocenters.